The smallest absolute Gasteiger partial charge is 0.341 e. The second-order valence-corrected chi connectivity index (χ2v) is 4.33. The van der Waals surface area contributed by atoms with Gasteiger partial charge in [-0.3, -0.25) is 0 Å². The van der Waals surface area contributed by atoms with E-state index in [4.69, 9.17) is 10.8 Å². The molecule has 1 aromatic carbocycles. The maximum Gasteiger partial charge on any atom is 0.341 e. The van der Waals surface area contributed by atoms with Crippen molar-refractivity contribution >= 4 is 34.0 Å². The fourth-order valence-electron chi connectivity index (χ4n) is 2.25. The number of rotatable bonds is 3. The summed E-state index contributed by atoms with van der Waals surface area (Å²) in [6.45, 7) is 0.00415. The number of nitrogen functional groups attached to an aromatic ring is 1. The second kappa shape index (κ2) is 4.46. The van der Waals surface area contributed by atoms with Crippen LogP contribution in [0.1, 0.15) is 10.4 Å². The zero-order chi connectivity index (χ0) is 14.3. The van der Waals surface area contributed by atoms with Crippen LogP contribution in [0.3, 0.4) is 0 Å². The number of aromatic nitrogens is 3. The molecule has 0 aliphatic rings. The number of fused-ring (bicyclic) bond motifs is 2. The van der Waals surface area contributed by atoms with E-state index < -0.39 is 5.97 Å². The maximum atomic E-state index is 11.4. The predicted molar refractivity (Wildman–Crippen MR) is 73.5 cm³/mol. The average Bonchev–Trinajstić information content (AvgIpc) is 2.69. The van der Waals surface area contributed by atoms with Gasteiger partial charge in [-0.15, -0.1) is 0 Å². The average molecular weight is 272 g/mol. The summed E-state index contributed by atoms with van der Waals surface area (Å²) in [4.78, 5) is 20.1. The molecule has 7 heteroatoms. The Balaban J connectivity index is 2.46. The standard InChI is InChI=1S/C13H12N4O3/c14-11-9(13(19)20)10-12(17(11)5-6-18)16-8-4-2-1-3-7(8)15-10/h1-4,18H,5-6,14H2,(H,19,20). The summed E-state index contributed by atoms with van der Waals surface area (Å²) in [6.07, 6.45) is 0. The van der Waals surface area contributed by atoms with E-state index in [1.54, 1.807) is 18.2 Å². The summed E-state index contributed by atoms with van der Waals surface area (Å²) in [6, 6.07) is 7.17. The third kappa shape index (κ3) is 1.68. The van der Waals surface area contributed by atoms with Gasteiger partial charge in [0.15, 0.2) is 5.65 Å². The lowest BCUT2D eigenvalue weighted by molar-refractivity contribution is 0.0699. The Hall–Kier alpha value is -2.67. The highest BCUT2D eigenvalue weighted by molar-refractivity contribution is 6.07. The number of aromatic carboxylic acids is 1. The number of carboxylic acids is 1. The Bertz CT molecular complexity index is 825. The van der Waals surface area contributed by atoms with Gasteiger partial charge in [-0.25, -0.2) is 14.8 Å². The highest BCUT2D eigenvalue weighted by Crippen LogP contribution is 2.27. The number of hydrogen-bond donors (Lipinski definition) is 3. The molecule has 0 aliphatic carbocycles. The van der Waals surface area contributed by atoms with Crippen LogP contribution in [0.15, 0.2) is 24.3 Å². The van der Waals surface area contributed by atoms with E-state index in [0.29, 0.717) is 16.7 Å². The molecule has 0 fully saturated rings. The van der Waals surface area contributed by atoms with Crippen LogP contribution in [-0.2, 0) is 6.54 Å². The van der Waals surface area contributed by atoms with Crippen molar-refractivity contribution in [2.75, 3.05) is 12.3 Å². The molecule has 7 nitrogen and oxygen atoms in total. The largest absolute Gasteiger partial charge is 0.477 e. The molecule has 0 radical (unpaired) electrons. The predicted octanol–water partition coefficient (Wildman–Crippen LogP) is 0.857. The third-order valence-corrected chi connectivity index (χ3v) is 3.13. The van der Waals surface area contributed by atoms with E-state index in [1.807, 2.05) is 6.07 Å². The summed E-state index contributed by atoms with van der Waals surface area (Å²) in [5, 5.41) is 18.4. The summed E-state index contributed by atoms with van der Waals surface area (Å²) < 4.78 is 1.47. The van der Waals surface area contributed by atoms with Crippen molar-refractivity contribution in [3.63, 3.8) is 0 Å². The number of carbonyl (C=O) groups is 1. The van der Waals surface area contributed by atoms with Crippen molar-refractivity contribution < 1.29 is 15.0 Å². The van der Waals surface area contributed by atoms with Crippen LogP contribution >= 0.6 is 0 Å². The Morgan fingerprint density at radius 3 is 2.50 bits per heavy atom. The quantitative estimate of drug-likeness (QED) is 0.651. The van der Waals surface area contributed by atoms with Crippen LogP contribution in [-0.4, -0.2) is 37.3 Å². The van der Waals surface area contributed by atoms with E-state index in [9.17, 15) is 9.90 Å². The number of aliphatic hydroxyl groups is 1. The Morgan fingerprint density at radius 1 is 1.25 bits per heavy atom. The summed E-state index contributed by atoms with van der Waals surface area (Å²) in [7, 11) is 0. The van der Waals surface area contributed by atoms with Gasteiger partial charge in [-0.2, -0.15) is 0 Å². The molecule has 20 heavy (non-hydrogen) atoms. The number of benzene rings is 1. The molecule has 0 unspecified atom stereocenters. The van der Waals surface area contributed by atoms with E-state index in [0.717, 1.165) is 0 Å². The molecule has 3 rings (SSSR count). The summed E-state index contributed by atoms with van der Waals surface area (Å²) >= 11 is 0. The number of anilines is 1. The molecular weight excluding hydrogens is 260 g/mol. The molecule has 2 heterocycles. The zero-order valence-electron chi connectivity index (χ0n) is 10.4. The van der Waals surface area contributed by atoms with E-state index >= 15 is 0 Å². The molecule has 0 saturated heterocycles. The highest BCUT2D eigenvalue weighted by atomic mass is 16.4. The third-order valence-electron chi connectivity index (χ3n) is 3.13. The van der Waals surface area contributed by atoms with E-state index in [1.165, 1.54) is 4.57 Å². The van der Waals surface area contributed by atoms with Crippen LogP contribution in [0.5, 0.6) is 0 Å². The molecule has 0 spiro atoms. The number of hydrogen-bond acceptors (Lipinski definition) is 5. The molecule has 0 aliphatic heterocycles. The van der Waals surface area contributed by atoms with Crippen LogP contribution in [0.2, 0.25) is 0 Å². The van der Waals surface area contributed by atoms with Crippen molar-refractivity contribution in [3.8, 4) is 0 Å². The first kappa shape index (κ1) is 12.4. The van der Waals surface area contributed by atoms with E-state index in [-0.39, 0.29) is 30.0 Å². The molecule has 0 saturated carbocycles. The number of aliphatic hydroxyl groups excluding tert-OH is 1. The number of nitrogens with zero attached hydrogens (tertiary/aromatic N) is 3. The van der Waals surface area contributed by atoms with Gasteiger partial charge in [0.2, 0.25) is 0 Å². The molecule has 0 atom stereocenters. The van der Waals surface area contributed by atoms with Gasteiger partial charge in [0, 0.05) is 6.54 Å². The minimum absolute atomic E-state index is 0.0526. The van der Waals surface area contributed by atoms with Crippen LogP contribution in [0.4, 0.5) is 5.82 Å². The van der Waals surface area contributed by atoms with Gasteiger partial charge in [0.1, 0.15) is 16.9 Å². The van der Waals surface area contributed by atoms with Gasteiger partial charge in [-0.1, -0.05) is 12.1 Å². The number of carboxylic acid groups (broad SMARTS) is 1. The van der Waals surface area contributed by atoms with Crippen LogP contribution < -0.4 is 5.73 Å². The number of nitrogens with two attached hydrogens (primary N) is 1. The second-order valence-electron chi connectivity index (χ2n) is 4.33. The molecular formula is C13H12N4O3. The molecule has 3 aromatic rings. The van der Waals surface area contributed by atoms with Gasteiger partial charge >= 0.3 is 5.97 Å². The molecule has 0 amide bonds. The SMILES string of the molecule is Nc1c(C(=O)O)c2nc3ccccc3nc2n1CCO. The fourth-order valence-corrected chi connectivity index (χ4v) is 2.25. The summed E-state index contributed by atoms with van der Waals surface area (Å²) in [5.74, 6) is -1.11. The van der Waals surface area contributed by atoms with Crippen molar-refractivity contribution in [2.45, 2.75) is 6.54 Å². The zero-order valence-corrected chi connectivity index (χ0v) is 10.4. The van der Waals surface area contributed by atoms with Crippen molar-refractivity contribution in [1.29, 1.82) is 0 Å². The monoisotopic (exact) mass is 272 g/mol. The van der Waals surface area contributed by atoms with Gasteiger partial charge in [0.25, 0.3) is 0 Å². The molecule has 0 bridgehead atoms. The van der Waals surface area contributed by atoms with E-state index in [2.05, 4.69) is 9.97 Å². The van der Waals surface area contributed by atoms with Crippen molar-refractivity contribution in [3.05, 3.63) is 29.8 Å². The lowest BCUT2D eigenvalue weighted by Gasteiger charge is -2.04. The van der Waals surface area contributed by atoms with Crippen molar-refractivity contribution in [2.24, 2.45) is 0 Å². The minimum Gasteiger partial charge on any atom is -0.477 e. The molecule has 4 N–H and O–H groups in total. The molecule has 2 aromatic heterocycles. The van der Waals surface area contributed by atoms with Crippen molar-refractivity contribution in [1.82, 2.24) is 14.5 Å². The first-order valence-electron chi connectivity index (χ1n) is 6.02. The van der Waals surface area contributed by atoms with Crippen LogP contribution in [0, 0.1) is 0 Å². The minimum atomic E-state index is -1.16. The van der Waals surface area contributed by atoms with Crippen LogP contribution in [0.25, 0.3) is 22.2 Å². The normalized spacial score (nSPS) is 11.2. The molecule has 102 valence electrons. The lowest BCUT2D eigenvalue weighted by atomic mass is 10.2. The Kier molecular flexibility index (Phi) is 2.76. The van der Waals surface area contributed by atoms with Gasteiger partial charge in [0.05, 0.1) is 17.6 Å². The maximum absolute atomic E-state index is 11.4. The Labute approximate surface area is 113 Å². The first-order valence-corrected chi connectivity index (χ1v) is 6.02. The highest BCUT2D eigenvalue weighted by Gasteiger charge is 2.22. The lowest BCUT2D eigenvalue weighted by Crippen LogP contribution is -2.08. The fraction of sp³-hybridized carbons (Fsp3) is 0.154. The number of para-hydroxylation sites is 2. The summed E-state index contributed by atoms with van der Waals surface area (Å²) in [5.41, 5.74) is 7.63. The van der Waals surface area contributed by atoms with Gasteiger partial charge < -0.3 is 20.5 Å². The van der Waals surface area contributed by atoms with Gasteiger partial charge in [-0.05, 0) is 12.1 Å². The topological polar surface area (TPSA) is 114 Å². The first-order chi connectivity index (χ1) is 9.63. The Morgan fingerprint density at radius 2 is 1.90 bits per heavy atom.